The third kappa shape index (κ3) is 5.12. The summed E-state index contributed by atoms with van der Waals surface area (Å²) in [6.45, 7) is 6.30. The predicted octanol–water partition coefficient (Wildman–Crippen LogP) is 3.17. The zero-order valence-electron chi connectivity index (χ0n) is 14.9. The molecule has 0 unspecified atom stereocenters. The molecule has 25 heavy (non-hydrogen) atoms. The lowest BCUT2D eigenvalue weighted by molar-refractivity contribution is -0.160. The summed E-state index contributed by atoms with van der Waals surface area (Å²) in [5.41, 5.74) is 0.967. The lowest BCUT2D eigenvalue weighted by Gasteiger charge is -2.30. The van der Waals surface area contributed by atoms with Crippen LogP contribution in [0.15, 0.2) is 30.3 Å². The van der Waals surface area contributed by atoms with Gasteiger partial charge in [0.15, 0.2) is 0 Å². The van der Waals surface area contributed by atoms with E-state index < -0.39 is 19.8 Å². The molecule has 0 N–H and O–H groups in total. The standard InChI is InChI=1S/C17H26NO6P/c1-4-21-17(19)16-18(13-25(20,23-5-2)24-6-3)15(12-22-16)14-10-8-7-9-11-14/h7-11,15-16H,4-6,12-13H2,1-3H3/t15-,16+/m1/s1. The minimum atomic E-state index is -3.38. The first-order chi connectivity index (χ1) is 12.0. The van der Waals surface area contributed by atoms with E-state index in [-0.39, 0.29) is 32.1 Å². The van der Waals surface area contributed by atoms with Gasteiger partial charge in [-0.3, -0.25) is 4.57 Å². The molecular weight excluding hydrogens is 345 g/mol. The average molecular weight is 371 g/mol. The smallest absolute Gasteiger partial charge is 0.350 e. The first-order valence-electron chi connectivity index (χ1n) is 8.51. The Morgan fingerprint density at radius 3 is 2.36 bits per heavy atom. The molecule has 1 aliphatic rings. The van der Waals surface area contributed by atoms with Crippen molar-refractivity contribution < 1.29 is 27.9 Å². The lowest BCUT2D eigenvalue weighted by atomic mass is 10.1. The van der Waals surface area contributed by atoms with Crippen LogP contribution in [0.5, 0.6) is 0 Å². The first-order valence-corrected chi connectivity index (χ1v) is 10.2. The molecule has 0 aromatic heterocycles. The predicted molar refractivity (Wildman–Crippen MR) is 93.1 cm³/mol. The summed E-state index contributed by atoms with van der Waals surface area (Å²) >= 11 is 0. The van der Waals surface area contributed by atoms with E-state index in [4.69, 9.17) is 18.5 Å². The minimum absolute atomic E-state index is 0.0439. The van der Waals surface area contributed by atoms with Gasteiger partial charge in [-0.2, -0.15) is 0 Å². The molecule has 0 amide bonds. The summed E-state index contributed by atoms with van der Waals surface area (Å²) in [7, 11) is -3.38. The second-order valence-electron chi connectivity index (χ2n) is 5.47. The monoisotopic (exact) mass is 371 g/mol. The summed E-state index contributed by atoms with van der Waals surface area (Å²) in [5.74, 6) is -0.500. The minimum Gasteiger partial charge on any atom is -0.463 e. The Balaban J connectivity index is 2.29. The van der Waals surface area contributed by atoms with Crippen molar-refractivity contribution in [1.82, 2.24) is 4.90 Å². The zero-order valence-corrected chi connectivity index (χ0v) is 15.8. The highest BCUT2D eigenvalue weighted by Crippen LogP contribution is 2.51. The fourth-order valence-electron chi connectivity index (χ4n) is 2.80. The van der Waals surface area contributed by atoms with E-state index in [1.165, 1.54) is 0 Å². The van der Waals surface area contributed by atoms with Crippen LogP contribution in [0.3, 0.4) is 0 Å². The van der Waals surface area contributed by atoms with E-state index in [1.54, 1.807) is 25.7 Å². The summed E-state index contributed by atoms with van der Waals surface area (Å²) < 4.78 is 34.5. The molecule has 1 heterocycles. The third-order valence-electron chi connectivity index (χ3n) is 3.77. The fourth-order valence-corrected chi connectivity index (χ4v) is 4.57. The number of rotatable bonds is 9. The topological polar surface area (TPSA) is 74.3 Å². The molecule has 0 bridgehead atoms. The Morgan fingerprint density at radius 1 is 1.16 bits per heavy atom. The van der Waals surface area contributed by atoms with Crippen LogP contribution in [0.2, 0.25) is 0 Å². The van der Waals surface area contributed by atoms with Gasteiger partial charge in [-0.05, 0) is 26.3 Å². The molecular formula is C17H26NO6P. The van der Waals surface area contributed by atoms with Gasteiger partial charge in [-0.25, -0.2) is 9.69 Å². The van der Waals surface area contributed by atoms with Crippen molar-refractivity contribution in [2.75, 3.05) is 32.7 Å². The van der Waals surface area contributed by atoms with Gasteiger partial charge in [0.1, 0.15) is 6.29 Å². The van der Waals surface area contributed by atoms with Crippen LogP contribution in [-0.4, -0.2) is 49.8 Å². The van der Waals surface area contributed by atoms with E-state index in [9.17, 15) is 9.36 Å². The molecule has 1 aliphatic heterocycles. The van der Waals surface area contributed by atoms with Crippen molar-refractivity contribution in [2.45, 2.75) is 33.0 Å². The first kappa shape index (κ1) is 20.1. The molecule has 0 spiro atoms. The number of esters is 1. The highest BCUT2D eigenvalue weighted by molar-refractivity contribution is 7.53. The molecule has 0 saturated carbocycles. The average Bonchev–Trinajstić information content (AvgIpc) is 2.99. The maximum absolute atomic E-state index is 13.0. The molecule has 0 radical (unpaired) electrons. The number of carbonyl (C=O) groups excluding carboxylic acids is 1. The normalized spacial score (nSPS) is 21.4. The molecule has 140 valence electrons. The molecule has 7 nitrogen and oxygen atoms in total. The molecule has 2 rings (SSSR count). The van der Waals surface area contributed by atoms with Gasteiger partial charge < -0.3 is 18.5 Å². The molecule has 1 saturated heterocycles. The lowest BCUT2D eigenvalue weighted by Crippen LogP contribution is -2.40. The fraction of sp³-hybridized carbons (Fsp3) is 0.588. The number of ether oxygens (including phenoxy) is 2. The second kappa shape index (κ2) is 9.46. The maximum Gasteiger partial charge on any atom is 0.350 e. The van der Waals surface area contributed by atoms with Gasteiger partial charge in [0, 0.05) is 0 Å². The Hall–Kier alpha value is -1.24. The molecule has 1 fully saturated rings. The molecule has 8 heteroatoms. The third-order valence-corrected chi connectivity index (χ3v) is 5.75. The van der Waals surface area contributed by atoms with Gasteiger partial charge in [-0.15, -0.1) is 0 Å². The van der Waals surface area contributed by atoms with Gasteiger partial charge in [0.2, 0.25) is 6.23 Å². The van der Waals surface area contributed by atoms with E-state index in [2.05, 4.69) is 0 Å². The Labute approximate surface area is 148 Å². The van der Waals surface area contributed by atoms with Crippen molar-refractivity contribution in [3.63, 3.8) is 0 Å². The van der Waals surface area contributed by atoms with E-state index in [0.29, 0.717) is 6.61 Å². The van der Waals surface area contributed by atoms with Gasteiger partial charge in [0.25, 0.3) is 0 Å². The number of benzene rings is 1. The van der Waals surface area contributed by atoms with Crippen LogP contribution in [0.1, 0.15) is 32.4 Å². The van der Waals surface area contributed by atoms with Crippen LogP contribution >= 0.6 is 7.60 Å². The summed E-state index contributed by atoms with van der Waals surface area (Å²) in [4.78, 5) is 14.0. The van der Waals surface area contributed by atoms with Crippen LogP contribution in [0.4, 0.5) is 0 Å². The second-order valence-corrected chi connectivity index (χ2v) is 7.49. The van der Waals surface area contributed by atoms with Gasteiger partial charge >= 0.3 is 13.6 Å². The molecule has 0 aliphatic carbocycles. The van der Waals surface area contributed by atoms with Crippen molar-refractivity contribution >= 4 is 13.6 Å². The number of nitrogens with zero attached hydrogens (tertiary/aromatic N) is 1. The summed E-state index contributed by atoms with van der Waals surface area (Å²) in [6.07, 6.45) is -0.975. The van der Waals surface area contributed by atoms with Gasteiger partial charge in [-0.1, -0.05) is 30.3 Å². The number of carbonyl (C=O) groups is 1. The Morgan fingerprint density at radius 2 is 1.80 bits per heavy atom. The van der Waals surface area contributed by atoms with Crippen molar-refractivity contribution in [3.05, 3.63) is 35.9 Å². The molecule has 1 aromatic rings. The Kier molecular flexibility index (Phi) is 7.59. The van der Waals surface area contributed by atoms with E-state index in [1.807, 2.05) is 30.3 Å². The molecule has 2 atom stereocenters. The van der Waals surface area contributed by atoms with Crippen molar-refractivity contribution in [1.29, 1.82) is 0 Å². The van der Waals surface area contributed by atoms with Crippen molar-refractivity contribution in [3.8, 4) is 0 Å². The highest BCUT2D eigenvalue weighted by Gasteiger charge is 2.44. The van der Waals surface area contributed by atoms with E-state index >= 15 is 0 Å². The van der Waals surface area contributed by atoms with Crippen LogP contribution < -0.4 is 0 Å². The van der Waals surface area contributed by atoms with Gasteiger partial charge in [0.05, 0.1) is 32.5 Å². The van der Waals surface area contributed by atoms with Crippen LogP contribution in [0, 0.1) is 0 Å². The largest absolute Gasteiger partial charge is 0.463 e. The zero-order chi connectivity index (χ0) is 18.3. The highest BCUT2D eigenvalue weighted by atomic mass is 31.2. The van der Waals surface area contributed by atoms with Crippen LogP contribution in [0.25, 0.3) is 0 Å². The maximum atomic E-state index is 13.0. The quantitative estimate of drug-likeness (QED) is 0.487. The van der Waals surface area contributed by atoms with E-state index in [0.717, 1.165) is 5.56 Å². The van der Waals surface area contributed by atoms with Crippen molar-refractivity contribution in [2.24, 2.45) is 0 Å². The summed E-state index contributed by atoms with van der Waals surface area (Å²) in [6, 6.07) is 9.40. The number of hydrogen-bond donors (Lipinski definition) is 0. The summed E-state index contributed by atoms with van der Waals surface area (Å²) in [5, 5.41) is 0. The van der Waals surface area contributed by atoms with Crippen LogP contribution in [-0.2, 0) is 27.9 Å². The number of hydrogen-bond acceptors (Lipinski definition) is 7. The molecule has 1 aromatic carbocycles. The SMILES string of the molecule is CCOC(=O)[C@@H]1OC[C@H](c2ccccc2)N1CP(=O)(OCC)OCC. The Bertz CT molecular complexity index is 586.